The Hall–Kier alpha value is -4.54. The van der Waals surface area contributed by atoms with Crippen LogP contribution in [0.15, 0.2) is 48.7 Å². The van der Waals surface area contributed by atoms with E-state index in [2.05, 4.69) is 10.3 Å². The molecule has 0 bridgehead atoms. The molecule has 1 saturated heterocycles. The molecule has 2 aliphatic heterocycles. The first-order chi connectivity index (χ1) is 19.3. The summed E-state index contributed by atoms with van der Waals surface area (Å²) in [4.78, 5) is 28.7. The van der Waals surface area contributed by atoms with Gasteiger partial charge in [0.2, 0.25) is 12.7 Å². The summed E-state index contributed by atoms with van der Waals surface area (Å²) in [5.41, 5.74) is 1.95. The van der Waals surface area contributed by atoms with Crippen molar-refractivity contribution in [2.75, 3.05) is 32.3 Å². The monoisotopic (exact) mass is 544 g/mol. The zero-order chi connectivity index (χ0) is 27.9. The number of rotatable bonds is 5. The number of benzene rings is 2. The highest BCUT2D eigenvalue weighted by atomic mass is 16.7. The lowest BCUT2D eigenvalue weighted by atomic mass is 10.1. The van der Waals surface area contributed by atoms with Gasteiger partial charge in [-0.15, -0.1) is 0 Å². The predicted octanol–water partition coefficient (Wildman–Crippen LogP) is 5.03. The summed E-state index contributed by atoms with van der Waals surface area (Å²) in [6.07, 6.45) is 3.17. The normalized spacial score (nSPS) is 16.7. The molecule has 4 aromatic rings. The predicted molar refractivity (Wildman–Crippen MR) is 149 cm³/mol. The van der Waals surface area contributed by atoms with Gasteiger partial charge in [0.25, 0.3) is 0 Å². The van der Waals surface area contributed by atoms with Crippen molar-refractivity contribution in [3.8, 4) is 34.5 Å². The lowest BCUT2D eigenvalue weighted by Crippen LogP contribution is -2.47. The summed E-state index contributed by atoms with van der Waals surface area (Å²) in [6.45, 7) is 6.99. The molecule has 1 amide bonds. The van der Waals surface area contributed by atoms with Crippen molar-refractivity contribution in [3.05, 3.63) is 48.7 Å². The number of nitrogens with one attached hydrogen (secondary N) is 1. The molecule has 0 radical (unpaired) electrons. The Bertz CT molecular complexity index is 1560. The minimum atomic E-state index is -0.540. The maximum atomic E-state index is 12.6. The number of carbonyl (C=O) groups is 1. The quantitative estimate of drug-likeness (QED) is 0.370. The number of likely N-dealkylation sites (tertiary alicyclic amines) is 1. The van der Waals surface area contributed by atoms with Gasteiger partial charge in [-0.2, -0.15) is 4.98 Å². The van der Waals surface area contributed by atoms with Crippen LogP contribution in [0.1, 0.15) is 33.6 Å². The number of amides is 1. The number of imidazole rings is 1. The fourth-order valence-electron chi connectivity index (χ4n) is 4.96. The average Bonchev–Trinajstić information content (AvgIpc) is 3.56. The van der Waals surface area contributed by atoms with Crippen LogP contribution >= 0.6 is 0 Å². The van der Waals surface area contributed by atoms with Crippen LogP contribution in [-0.2, 0) is 4.74 Å². The van der Waals surface area contributed by atoms with E-state index in [0.29, 0.717) is 47.9 Å². The summed E-state index contributed by atoms with van der Waals surface area (Å²) in [5, 5.41) is 3.43. The van der Waals surface area contributed by atoms with Gasteiger partial charge >= 0.3 is 6.09 Å². The summed E-state index contributed by atoms with van der Waals surface area (Å²) < 4.78 is 24.1. The second-order valence-electron chi connectivity index (χ2n) is 10.8. The number of anilines is 1. The molecule has 0 saturated carbocycles. The molecule has 40 heavy (non-hydrogen) atoms. The van der Waals surface area contributed by atoms with Gasteiger partial charge in [0.1, 0.15) is 23.0 Å². The molecule has 0 unspecified atom stereocenters. The van der Waals surface area contributed by atoms with Crippen LogP contribution in [0.25, 0.3) is 28.2 Å². The zero-order valence-electron chi connectivity index (χ0n) is 23.0. The molecule has 0 spiro atoms. The first-order valence-electron chi connectivity index (χ1n) is 13.3. The zero-order valence-corrected chi connectivity index (χ0v) is 23.0. The highest BCUT2D eigenvalue weighted by molar-refractivity contribution is 5.84. The molecule has 1 atom stereocenters. The maximum Gasteiger partial charge on any atom is 0.410 e. The van der Waals surface area contributed by atoms with Crippen LogP contribution in [0, 0.1) is 0 Å². The van der Waals surface area contributed by atoms with E-state index < -0.39 is 5.60 Å². The smallest absolute Gasteiger partial charge is 0.410 e. The van der Waals surface area contributed by atoms with Crippen LogP contribution in [0.3, 0.4) is 0 Å². The van der Waals surface area contributed by atoms with E-state index in [1.807, 2.05) is 67.8 Å². The lowest BCUT2D eigenvalue weighted by molar-refractivity contribution is 0.0206. The molecule has 2 aliphatic rings. The van der Waals surface area contributed by atoms with Crippen LogP contribution in [0.5, 0.6) is 17.2 Å². The van der Waals surface area contributed by atoms with E-state index in [1.165, 1.54) is 0 Å². The third-order valence-corrected chi connectivity index (χ3v) is 6.77. The number of methoxy groups -OCH3 is 1. The van der Waals surface area contributed by atoms with Gasteiger partial charge < -0.3 is 29.2 Å². The Morgan fingerprint density at radius 1 is 1.07 bits per heavy atom. The van der Waals surface area contributed by atoms with Crippen molar-refractivity contribution in [1.29, 1.82) is 0 Å². The van der Waals surface area contributed by atoms with Crippen LogP contribution < -0.4 is 19.5 Å². The van der Waals surface area contributed by atoms with E-state index in [-0.39, 0.29) is 18.9 Å². The van der Waals surface area contributed by atoms with Gasteiger partial charge in [-0.3, -0.25) is 4.57 Å². The molecule has 6 rings (SSSR count). The summed E-state index contributed by atoms with van der Waals surface area (Å²) in [7, 11) is 1.63. The third kappa shape index (κ3) is 5.18. The molecule has 2 aromatic carbocycles. The highest BCUT2D eigenvalue weighted by Crippen LogP contribution is 2.37. The number of aromatic nitrogens is 4. The van der Waals surface area contributed by atoms with Gasteiger partial charge in [-0.25, -0.2) is 14.8 Å². The van der Waals surface area contributed by atoms with Crippen LogP contribution in [0.4, 0.5) is 10.7 Å². The Morgan fingerprint density at radius 2 is 1.93 bits per heavy atom. The Balaban J connectivity index is 1.32. The van der Waals surface area contributed by atoms with Crippen LogP contribution in [-0.4, -0.2) is 69.1 Å². The van der Waals surface area contributed by atoms with E-state index in [0.717, 1.165) is 29.4 Å². The summed E-state index contributed by atoms with van der Waals surface area (Å²) >= 11 is 0. The van der Waals surface area contributed by atoms with Gasteiger partial charge in [0, 0.05) is 37.0 Å². The van der Waals surface area contributed by atoms with E-state index >= 15 is 0 Å². The van der Waals surface area contributed by atoms with E-state index in [4.69, 9.17) is 28.9 Å². The number of fused-ring (bicyclic) bond motifs is 2. The van der Waals surface area contributed by atoms with Crippen molar-refractivity contribution in [1.82, 2.24) is 24.4 Å². The molecule has 2 aromatic heterocycles. The first kappa shape index (κ1) is 25.7. The van der Waals surface area contributed by atoms with Crippen molar-refractivity contribution in [2.45, 2.75) is 45.3 Å². The van der Waals surface area contributed by atoms with Gasteiger partial charge in [0.15, 0.2) is 11.5 Å². The number of ether oxygens (including phenoxy) is 4. The van der Waals surface area contributed by atoms with Gasteiger partial charge in [0.05, 0.1) is 18.1 Å². The van der Waals surface area contributed by atoms with Crippen LogP contribution in [0.2, 0.25) is 0 Å². The topological polar surface area (TPSA) is 113 Å². The second kappa shape index (κ2) is 10.2. The van der Waals surface area contributed by atoms with Crippen molar-refractivity contribution in [2.24, 2.45) is 0 Å². The minimum Gasteiger partial charge on any atom is -0.497 e. The van der Waals surface area contributed by atoms with Crippen molar-refractivity contribution in [3.63, 3.8) is 0 Å². The lowest BCUT2D eigenvalue weighted by Gasteiger charge is -2.34. The van der Waals surface area contributed by atoms with Crippen molar-refractivity contribution < 1.29 is 23.7 Å². The average molecular weight is 545 g/mol. The minimum absolute atomic E-state index is 0.00589. The maximum absolute atomic E-state index is 12.6. The highest BCUT2D eigenvalue weighted by Gasteiger charge is 2.28. The fourth-order valence-corrected chi connectivity index (χ4v) is 4.96. The van der Waals surface area contributed by atoms with E-state index in [1.54, 1.807) is 18.2 Å². The molecule has 1 N–H and O–H groups in total. The molecule has 4 heterocycles. The Kier molecular flexibility index (Phi) is 6.57. The summed E-state index contributed by atoms with van der Waals surface area (Å²) in [6, 6.07) is 13.4. The van der Waals surface area contributed by atoms with E-state index in [9.17, 15) is 4.79 Å². The Labute approximate surface area is 232 Å². The first-order valence-corrected chi connectivity index (χ1v) is 13.3. The number of piperidine rings is 1. The van der Waals surface area contributed by atoms with Gasteiger partial charge in [-0.05, 0) is 70.0 Å². The molecule has 11 heteroatoms. The standard InChI is InChI=1S/C29H32N6O5/c1-29(2,3)40-28(36)34-13-5-6-19(16-34)31-27-30-12-11-25(33-27)35-22-9-8-20(37-4)15-21(22)32-26(35)18-7-10-23-24(14-18)39-17-38-23/h7-12,14-15,19H,5-6,13,16-17H2,1-4H3,(H,30,31,33)/t19-/m0/s1. The molecule has 0 aliphatic carbocycles. The van der Waals surface area contributed by atoms with Gasteiger partial charge in [-0.1, -0.05) is 0 Å². The number of nitrogens with zero attached hydrogens (tertiary/aromatic N) is 5. The number of hydrogen-bond donors (Lipinski definition) is 1. The third-order valence-electron chi connectivity index (χ3n) is 6.77. The largest absolute Gasteiger partial charge is 0.497 e. The molecule has 11 nitrogen and oxygen atoms in total. The molecular formula is C29H32N6O5. The number of hydrogen-bond acceptors (Lipinski definition) is 9. The molecular weight excluding hydrogens is 512 g/mol. The Morgan fingerprint density at radius 3 is 2.75 bits per heavy atom. The molecule has 1 fully saturated rings. The second-order valence-corrected chi connectivity index (χ2v) is 10.8. The van der Waals surface area contributed by atoms with Crippen molar-refractivity contribution >= 4 is 23.1 Å². The summed E-state index contributed by atoms with van der Waals surface area (Å²) in [5.74, 6) is 3.91. The number of carbonyl (C=O) groups excluding carboxylic acids is 1. The molecule has 208 valence electrons. The SMILES string of the molecule is COc1ccc2c(c1)nc(-c1ccc3c(c1)OCO3)n2-c1ccnc(N[C@H]2CCCN(C(=O)OC(C)(C)C)C2)n1. The fraction of sp³-hybridized carbons (Fsp3) is 0.379.